The molecule has 5 heterocycles. The Labute approximate surface area is 254 Å². The molecule has 6 aromatic rings. The van der Waals surface area contributed by atoms with Gasteiger partial charge in [0.1, 0.15) is 6.10 Å². The summed E-state index contributed by atoms with van der Waals surface area (Å²) in [4.78, 5) is 17.6. The Morgan fingerprint density at radius 1 is 0.477 bits per heavy atom. The third-order valence-electron chi connectivity index (χ3n) is 8.12. The van der Waals surface area contributed by atoms with Gasteiger partial charge in [0.2, 0.25) is 0 Å². The van der Waals surface area contributed by atoms with Crippen LogP contribution in [0.15, 0.2) is 121 Å². The Kier molecular flexibility index (Phi) is 6.36. The molecule has 3 aromatic heterocycles. The second kappa shape index (κ2) is 10.8. The van der Waals surface area contributed by atoms with Gasteiger partial charge in [-0.05, 0) is 71.3 Å². The quantitative estimate of drug-likeness (QED) is 0.198. The molecule has 0 radical (unpaired) electrons. The van der Waals surface area contributed by atoms with Gasteiger partial charge >= 0.3 is 0 Å². The number of rotatable bonds is 4. The van der Waals surface area contributed by atoms with E-state index < -0.39 is 6.10 Å². The maximum atomic E-state index is 11.9. The molecule has 0 saturated heterocycles. The van der Waals surface area contributed by atoms with E-state index >= 15 is 0 Å². The Bertz CT molecular complexity index is 2090. The number of nitrogens with zero attached hydrogens (tertiary/aromatic N) is 2. The second-order valence-electron chi connectivity index (χ2n) is 10.9. The first-order valence-electron chi connectivity index (χ1n) is 14.7. The van der Waals surface area contributed by atoms with Crippen LogP contribution in [0.4, 0.5) is 0 Å². The Hall–Kier alpha value is -5.78. The molecule has 44 heavy (non-hydrogen) atoms. The van der Waals surface area contributed by atoms with Crippen LogP contribution in [0.25, 0.3) is 68.6 Å². The van der Waals surface area contributed by atoms with Crippen LogP contribution in [-0.2, 0) is 0 Å². The van der Waals surface area contributed by atoms with Gasteiger partial charge in [0.15, 0.2) is 0 Å². The Balaban J connectivity index is 1.52. The maximum Gasteiger partial charge on any atom is 0.108 e. The van der Waals surface area contributed by atoms with E-state index in [0.29, 0.717) is 17.0 Å². The average molecular weight is 569 g/mol. The number of aromatic amines is 2. The predicted octanol–water partition coefficient (Wildman–Crippen LogP) is 9.07. The molecule has 1 atom stereocenters. The molecule has 8 rings (SSSR count). The lowest BCUT2D eigenvalue weighted by atomic mass is 9.98. The van der Waals surface area contributed by atoms with Gasteiger partial charge in [-0.2, -0.15) is 0 Å². The zero-order valence-electron chi connectivity index (χ0n) is 23.8. The van der Waals surface area contributed by atoms with E-state index in [1.807, 2.05) is 91.0 Å². The lowest BCUT2D eigenvalue weighted by Crippen LogP contribution is -2.05. The average Bonchev–Trinajstić information content (AvgIpc) is 3.90. The van der Waals surface area contributed by atoms with Crippen LogP contribution < -0.4 is 0 Å². The number of aliphatic hydroxyl groups excluding tert-OH is 1. The smallest absolute Gasteiger partial charge is 0.108 e. The topological polar surface area (TPSA) is 77.6 Å². The standard InChI is InChI=1S/C39H28N4O/c44-39(27-14-8-3-9-15-27)38-34-22-20-32(42-34)36(25-10-4-1-5-11-25)30-18-16-28(40-30)24-29-17-19-31(41-29)37(26-12-6-2-7-13-26)33-21-23-35(38)43-33/h1-24,39-41,44H. The summed E-state index contributed by atoms with van der Waals surface area (Å²) in [6.07, 6.45) is 7.10. The molecule has 1 unspecified atom stereocenters. The SMILES string of the molecule is OC(c1ccccc1)c1c2nc(c(-c3ccccc3)c3ccc(cc4ccc([nH]4)c(-c4ccccc4)c4nc1C=C4)[nH]3)C=C2. The highest BCUT2D eigenvalue weighted by atomic mass is 16.3. The highest BCUT2D eigenvalue weighted by Crippen LogP contribution is 2.36. The molecule has 3 N–H and O–H groups in total. The van der Waals surface area contributed by atoms with E-state index in [-0.39, 0.29) is 0 Å². The highest BCUT2D eigenvalue weighted by Gasteiger charge is 2.23. The monoisotopic (exact) mass is 568 g/mol. The van der Waals surface area contributed by atoms with E-state index in [1.54, 1.807) is 0 Å². The van der Waals surface area contributed by atoms with E-state index in [9.17, 15) is 5.11 Å². The van der Waals surface area contributed by atoms with Crippen LogP contribution in [0.3, 0.4) is 0 Å². The fraction of sp³-hybridized carbons (Fsp3) is 0.0256. The summed E-state index contributed by atoms with van der Waals surface area (Å²) in [7, 11) is 0. The summed E-state index contributed by atoms with van der Waals surface area (Å²) in [5.74, 6) is 0. The zero-order chi connectivity index (χ0) is 29.5. The normalized spacial score (nSPS) is 12.8. The van der Waals surface area contributed by atoms with Gasteiger partial charge < -0.3 is 15.1 Å². The van der Waals surface area contributed by atoms with Crippen LogP contribution in [0.5, 0.6) is 0 Å². The van der Waals surface area contributed by atoms with Gasteiger partial charge in [-0.25, -0.2) is 9.97 Å². The molecule has 5 heteroatoms. The van der Waals surface area contributed by atoms with Crippen molar-refractivity contribution in [1.82, 2.24) is 19.9 Å². The number of benzene rings is 3. The maximum absolute atomic E-state index is 11.9. The molecule has 8 bridgehead atoms. The van der Waals surface area contributed by atoms with Crippen LogP contribution in [0.1, 0.15) is 40.0 Å². The summed E-state index contributed by atoms with van der Waals surface area (Å²) in [5.41, 5.74) is 12.4. The van der Waals surface area contributed by atoms with Crippen LogP contribution in [0.2, 0.25) is 0 Å². The van der Waals surface area contributed by atoms with Crippen molar-refractivity contribution >= 4 is 46.4 Å². The van der Waals surface area contributed by atoms with Crippen LogP contribution >= 0.6 is 0 Å². The minimum Gasteiger partial charge on any atom is -0.383 e. The number of nitrogens with one attached hydrogen (secondary N) is 2. The number of fused-ring (bicyclic) bond motifs is 8. The minimum atomic E-state index is -0.926. The summed E-state index contributed by atoms with van der Waals surface area (Å²) in [5, 5.41) is 11.9. The predicted molar refractivity (Wildman–Crippen MR) is 180 cm³/mol. The van der Waals surface area contributed by atoms with Gasteiger partial charge in [-0.3, -0.25) is 0 Å². The summed E-state index contributed by atoms with van der Waals surface area (Å²) >= 11 is 0. The lowest BCUT2D eigenvalue weighted by molar-refractivity contribution is 0.219. The first-order chi connectivity index (χ1) is 21.7. The Morgan fingerprint density at radius 2 is 0.909 bits per heavy atom. The molecule has 0 spiro atoms. The van der Waals surface area contributed by atoms with Crippen molar-refractivity contribution in [1.29, 1.82) is 0 Å². The fourth-order valence-electron chi connectivity index (χ4n) is 6.06. The Morgan fingerprint density at radius 3 is 1.39 bits per heavy atom. The van der Waals surface area contributed by atoms with Crippen molar-refractivity contribution in [3.63, 3.8) is 0 Å². The van der Waals surface area contributed by atoms with Gasteiger partial charge in [0, 0.05) is 38.8 Å². The van der Waals surface area contributed by atoms with E-state index in [2.05, 4.69) is 64.6 Å². The van der Waals surface area contributed by atoms with E-state index in [4.69, 9.17) is 9.97 Å². The molecular weight excluding hydrogens is 540 g/mol. The van der Waals surface area contributed by atoms with E-state index in [0.717, 1.165) is 61.3 Å². The van der Waals surface area contributed by atoms with Crippen molar-refractivity contribution in [2.75, 3.05) is 0 Å². The highest BCUT2D eigenvalue weighted by molar-refractivity contribution is 5.93. The molecule has 3 aromatic carbocycles. The number of hydrogen-bond acceptors (Lipinski definition) is 3. The second-order valence-corrected chi connectivity index (χ2v) is 10.9. The molecule has 2 aliphatic heterocycles. The lowest BCUT2D eigenvalue weighted by Gasteiger charge is -2.13. The van der Waals surface area contributed by atoms with Gasteiger partial charge in [0.05, 0.1) is 22.8 Å². The summed E-state index contributed by atoms with van der Waals surface area (Å²) < 4.78 is 0. The molecule has 0 amide bonds. The van der Waals surface area contributed by atoms with Crippen molar-refractivity contribution in [2.24, 2.45) is 0 Å². The molecule has 210 valence electrons. The van der Waals surface area contributed by atoms with E-state index in [1.165, 1.54) is 0 Å². The van der Waals surface area contributed by atoms with Crippen molar-refractivity contribution in [2.45, 2.75) is 6.10 Å². The third kappa shape index (κ3) is 4.66. The molecular formula is C39H28N4O. The number of H-pyrrole nitrogens is 2. The molecule has 0 aliphatic carbocycles. The van der Waals surface area contributed by atoms with Crippen molar-refractivity contribution in [3.8, 4) is 22.3 Å². The molecule has 5 nitrogen and oxygen atoms in total. The number of hydrogen-bond donors (Lipinski definition) is 3. The van der Waals surface area contributed by atoms with Gasteiger partial charge in [-0.1, -0.05) is 91.0 Å². The number of aromatic nitrogens is 4. The molecule has 0 fully saturated rings. The summed E-state index contributed by atoms with van der Waals surface area (Å²) in [6, 6.07) is 40.7. The third-order valence-corrected chi connectivity index (χ3v) is 8.12. The molecule has 2 aliphatic rings. The first-order valence-corrected chi connectivity index (χ1v) is 14.7. The zero-order valence-corrected chi connectivity index (χ0v) is 23.8. The fourth-order valence-corrected chi connectivity index (χ4v) is 6.06. The van der Waals surface area contributed by atoms with Crippen LogP contribution in [-0.4, -0.2) is 25.0 Å². The van der Waals surface area contributed by atoms with Gasteiger partial charge in [0.25, 0.3) is 0 Å². The van der Waals surface area contributed by atoms with Gasteiger partial charge in [-0.15, -0.1) is 0 Å². The van der Waals surface area contributed by atoms with Crippen molar-refractivity contribution < 1.29 is 5.11 Å². The summed E-state index contributed by atoms with van der Waals surface area (Å²) in [6.45, 7) is 0. The largest absolute Gasteiger partial charge is 0.383 e. The van der Waals surface area contributed by atoms with Crippen LogP contribution in [0, 0.1) is 0 Å². The first kappa shape index (κ1) is 25.9. The number of aliphatic hydroxyl groups is 1. The molecule has 0 saturated carbocycles. The minimum absolute atomic E-state index is 0.660. The van der Waals surface area contributed by atoms with Crippen molar-refractivity contribution in [3.05, 3.63) is 155 Å².